The van der Waals surface area contributed by atoms with E-state index in [9.17, 15) is 5.11 Å². The fraction of sp³-hybridized carbons (Fsp3) is 0.462. The Labute approximate surface area is 99.6 Å². The smallest absolute Gasteiger partial charge is 0.109 e. The monoisotopic (exact) mass is 232 g/mol. The van der Waals surface area contributed by atoms with Crippen molar-refractivity contribution in [2.24, 2.45) is 0 Å². The van der Waals surface area contributed by atoms with Crippen LogP contribution in [0.3, 0.4) is 0 Å². The molecular formula is C13H16N2O2. The van der Waals surface area contributed by atoms with E-state index in [1.54, 1.807) is 0 Å². The van der Waals surface area contributed by atoms with E-state index in [0.29, 0.717) is 0 Å². The van der Waals surface area contributed by atoms with Gasteiger partial charge in [-0.2, -0.15) is 5.10 Å². The molecule has 0 amide bonds. The fourth-order valence-corrected chi connectivity index (χ4v) is 2.49. The summed E-state index contributed by atoms with van der Waals surface area (Å²) in [7, 11) is 0. The molecule has 2 heterocycles. The number of hydrogen-bond donors (Lipinski definition) is 2. The van der Waals surface area contributed by atoms with Gasteiger partial charge in [-0.3, -0.25) is 5.10 Å². The molecule has 1 saturated heterocycles. The van der Waals surface area contributed by atoms with Crippen molar-refractivity contribution in [2.45, 2.75) is 32.0 Å². The Morgan fingerprint density at radius 2 is 2.35 bits per heavy atom. The van der Waals surface area contributed by atoms with Crippen LogP contribution in [0, 0.1) is 6.92 Å². The van der Waals surface area contributed by atoms with E-state index in [1.807, 2.05) is 19.2 Å². The Bertz CT molecular complexity index is 535. The van der Waals surface area contributed by atoms with Crippen LogP contribution >= 0.6 is 0 Å². The van der Waals surface area contributed by atoms with Crippen molar-refractivity contribution in [3.63, 3.8) is 0 Å². The van der Waals surface area contributed by atoms with Gasteiger partial charge in [-0.15, -0.1) is 0 Å². The number of H-pyrrole nitrogens is 1. The van der Waals surface area contributed by atoms with Gasteiger partial charge in [-0.25, -0.2) is 0 Å². The molecular weight excluding hydrogens is 216 g/mol. The highest BCUT2D eigenvalue weighted by atomic mass is 16.5. The molecule has 4 nitrogen and oxygen atoms in total. The maximum atomic E-state index is 10.0. The van der Waals surface area contributed by atoms with E-state index in [-0.39, 0.29) is 6.10 Å². The van der Waals surface area contributed by atoms with Crippen LogP contribution in [0.4, 0.5) is 0 Å². The van der Waals surface area contributed by atoms with Crippen molar-refractivity contribution in [1.29, 1.82) is 0 Å². The average molecular weight is 232 g/mol. The molecule has 0 saturated carbocycles. The van der Waals surface area contributed by atoms with Crippen LogP contribution in [0.2, 0.25) is 0 Å². The summed E-state index contributed by atoms with van der Waals surface area (Å²) < 4.78 is 5.70. The largest absolute Gasteiger partial charge is 0.390 e. The van der Waals surface area contributed by atoms with Gasteiger partial charge in [-0.05, 0) is 43.0 Å². The Balaban J connectivity index is 2.05. The summed E-state index contributed by atoms with van der Waals surface area (Å²) in [4.78, 5) is 0. The molecule has 0 aliphatic carbocycles. The van der Waals surface area contributed by atoms with Gasteiger partial charge in [0.15, 0.2) is 0 Å². The normalized spacial score (nSPS) is 25.3. The Hall–Kier alpha value is -1.39. The molecule has 2 N–H and O–H groups in total. The third-order valence-electron chi connectivity index (χ3n) is 3.42. The average Bonchev–Trinajstić information content (AvgIpc) is 2.76. The Kier molecular flexibility index (Phi) is 2.61. The first-order chi connectivity index (χ1) is 8.25. The van der Waals surface area contributed by atoms with Crippen LogP contribution in [-0.4, -0.2) is 28.0 Å². The Morgan fingerprint density at radius 1 is 1.47 bits per heavy atom. The number of ether oxygens (including phenoxy) is 1. The van der Waals surface area contributed by atoms with Crippen molar-refractivity contribution in [1.82, 2.24) is 10.2 Å². The number of fused-ring (bicyclic) bond motifs is 1. The van der Waals surface area contributed by atoms with Gasteiger partial charge in [0.05, 0.1) is 17.8 Å². The molecule has 1 aliphatic rings. The molecule has 3 rings (SSSR count). The van der Waals surface area contributed by atoms with Crippen LogP contribution in [0.5, 0.6) is 0 Å². The first kappa shape index (κ1) is 10.7. The maximum absolute atomic E-state index is 10.0. The van der Waals surface area contributed by atoms with Gasteiger partial charge in [0.2, 0.25) is 0 Å². The second-order valence-electron chi connectivity index (χ2n) is 4.67. The summed E-state index contributed by atoms with van der Waals surface area (Å²) in [6.07, 6.45) is 2.96. The second-order valence-corrected chi connectivity index (χ2v) is 4.67. The lowest BCUT2D eigenvalue weighted by Crippen LogP contribution is -2.27. The lowest BCUT2D eigenvalue weighted by Gasteiger charge is -2.29. The molecule has 1 fully saturated rings. The summed E-state index contributed by atoms with van der Waals surface area (Å²) in [5.41, 5.74) is 3.20. The lowest BCUT2D eigenvalue weighted by atomic mass is 9.94. The highest BCUT2D eigenvalue weighted by Gasteiger charge is 2.27. The molecule has 1 aliphatic heterocycles. The zero-order valence-corrected chi connectivity index (χ0v) is 9.81. The molecule has 2 aromatic rings. The van der Waals surface area contributed by atoms with Crippen molar-refractivity contribution in [3.05, 3.63) is 29.5 Å². The summed E-state index contributed by atoms with van der Waals surface area (Å²) in [5.74, 6) is 0. The number of nitrogens with one attached hydrogen (secondary N) is 1. The second kappa shape index (κ2) is 4.13. The number of hydrogen-bond acceptors (Lipinski definition) is 3. The zero-order chi connectivity index (χ0) is 11.8. The van der Waals surface area contributed by atoms with E-state index >= 15 is 0 Å². The van der Waals surface area contributed by atoms with Gasteiger partial charge in [-0.1, -0.05) is 0 Å². The van der Waals surface area contributed by atoms with Gasteiger partial charge in [0.25, 0.3) is 0 Å². The van der Waals surface area contributed by atoms with Gasteiger partial charge in [0.1, 0.15) is 6.10 Å². The first-order valence-electron chi connectivity index (χ1n) is 5.99. The van der Waals surface area contributed by atoms with Crippen molar-refractivity contribution < 1.29 is 9.84 Å². The number of aromatic amines is 1. The predicted octanol–water partition coefficient (Wildman–Crippen LogP) is 2.08. The SMILES string of the molecule is Cc1cc2cn[nH]c2cc1C1OCCCC1O. The number of rotatable bonds is 1. The first-order valence-corrected chi connectivity index (χ1v) is 5.99. The minimum absolute atomic E-state index is 0.198. The quantitative estimate of drug-likeness (QED) is 0.791. The number of aliphatic hydroxyl groups excluding tert-OH is 1. The fourth-order valence-electron chi connectivity index (χ4n) is 2.49. The van der Waals surface area contributed by atoms with Gasteiger partial charge >= 0.3 is 0 Å². The van der Waals surface area contributed by atoms with Crippen LogP contribution in [0.15, 0.2) is 18.3 Å². The summed E-state index contributed by atoms with van der Waals surface area (Å²) in [6.45, 7) is 2.77. The number of aliphatic hydroxyl groups is 1. The minimum Gasteiger partial charge on any atom is -0.390 e. The van der Waals surface area contributed by atoms with Crippen molar-refractivity contribution >= 4 is 10.9 Å². The highest BCUT2D eigenvalue weighted by molar-refractivity contribution is 5.79. The van der Waals surface area contributed by atoms with E-state index in [0.717, 1.165) is 41.5 Å². The Morgan fingerprint density at radius 3 is 3.18 bits per heavy atom. The molecule has 17 heavy (non-hydrogen) atoms. The molecule has 4 heteroatoms. The van der Waals surface area contributed by atoms with E-state index in [2.05, 4.69) is 16.3 Å². The van der Waals surface area contributed by atoms with Crippen molar-refractivity contribution in [3.8, 4) is 0 Å². The molecule has 0 spiro atoms. The summed E-state index contributed by atoms with van der Waals surface area (Å²) in [5, 5.41) is 18.1. The number of aromatic nitrogens is 2. The van der Waals surface area contributed by atoms with Gasteiger partial charge < -0.3 is 9.84 Å². The molecule has 1 aromatic heterocycles. The summed E-state index contributed by atoms with van der Waals surface area (Å²) in [6, 6.07) is 4.12. The minimum atomic E-state index is -0.400. The topological polar surface area (TPSA) is 58.1 Å². The van der Waals surface area contributed by atoms with Crippen LogP contribution in [0.1, 0.15) is 30.1 Å². The van der Waals surface area contributed by atoms with E-state index in [1.165, 1.54) is 0 Å². The molecule has 1 aromatic carbocycles. The predicted molar refractivity (Wildman–Crippen MR) is 64.8 cm³/mol. The van der Waals surface area contributed by atoms with Crippen LogP contribution in [-0.2, 0) is 4.74 Å². The van der Waals surface area contributed by atoms with E-state index < -0.39 is 6.10 Å². The third-order valence-corrected chi connectivity index (χ3v) is 3.42. The molecule has 2 unspecified atom stereocenters. The highest BCUT2D eigenvalue weighted by Crippen LogP contribution is 2.32. The number of nitrogens with zero attached hydrogens (tertiary/aromatic N) is 1. The standard InChI is InChI=1S/C13H16N2O2/c1-8-5-9-7-14-15-11(9)6-10(8)13-12(16)3-2-4-17-13/h5-7,12-13,16H,2-4H2,1H3,(H,14,15). The maximum Gasteiger partial charge on any atom is 0.109 e. The molecule has 90 valence electrons. The van der Waals surface area contributed by atoms with Gasteiger partial charge in [0, 0.05) is 12.0 Å². The number of benzene rings is 1. The number of aryl methyl sites for hydroxylation is 1. The van der Waals surface area contributed by atoms with Crippen molar-refractivity contribution in [2.75, 3.05) is 6.61 Å². The van der Waals surface area contributed by atoms with Crippen LogP contribution < -0.4 is 0 Å². The van der Waals surface area contributed by atoms with Crippen LogP contribution in [0.25, 0.3) is 10.9 Å². The summed E-state index contributed by atoms with van der Waals surface area (Å²) >= 11 is 0. The third kappa shape index (κ3) is 1.83. The molecule has 2 atom stereocenters. The molecule has 0 bridgehead atoms. The molecule has 0 radical (unpaired) electrons. The zero-order valence-electron chi connectivity index (χ0n) is 9.81. The lowest BCUT2D eigenvalue weighted by molar-refractivity contribution is -0.0760. The van der Waals surface area contributed by atoms with E-state index in [4.69, 9.17) is 4.74 Å².